The van der Waals surface area contributed by atoms with Crippen LogP contribution in [0, 0.1) is 0 Å². The molecular weight excluding hydrogens is 309 g/mol. The van der Waals surface area contributed by atoms with Crippen LogP contribution in [0.3, 0.4) is 0 Å². The van der Waals surface area contributed by atoms with Crippen LogP contribution < -0.4 is 0 Å². The third-order valence-electron chi connectivity index (χ3n) is 2.01. The molecule has 0 aliphatic heterocycles. The molecule has 0 aliphatic rings. The van der Waals surface area contributed by atoms with Gasteiger partial charge in [-0.15, -0.1) is 0 Å². The molecule has 0 spiro atoms. The first-order valence-electron chi connectivity index (χ1n) is 4.20. The molecule has 0 rings (SSSR count). The fourth-order valence-electron chi connectivity index (χ4n) is 0.864. The summed E-state index contributed by atoms with van der Waals surface area (Å²) < 4.78 is 135. The summed E-state index contributed by atoms with van der Waals surface area (Å²) in [5, 5.41) is 7.80. The van der Waals surface area contributed by atoms with Crippen molar-refractivity contribution < 1.29 is 53.4 Å². The van der Waals surface area contributed by atoms with Crippen molar-refractivity contribution in [2.45, 2.75) is 36.3 Å². The van der Waals surface area contributed by atoms with Gasteiger partial charge < -0.3 is 5.11 Å². The summed E-state index contributed by atoms with van der Waals surface area (Å²) in [5.74, 6) is -26.2. The number of rotatable bonds is 6. The Balaban J connectivity index is 5.64. The van der Waals surface area contributed by atoms with E-state index in [1.165, 1.54) is 0 Å². The van der Waals surface area contributed by atoms with E-state index in [1.54, 1.807) is 0 Å². The average Bonchev–Trinajstić information content (AvgIpc) is 2.26. The summed E-state index contributed by atoms with van der Waals surface area (Å²) in [6.07, 6.45) is -10.6. The summed E-state index contributed by atoms with van der Waals surface area (Å²) in [6, 6.07) is 0. The molecular formula is C7H5F11O. The molecule has 19 heavy (non-hydrogen) atoms. The fraction of sp³-hybridized carbons (Fsp3) is 1.00. The normalized spacial score (nSPS) is 16.9. The van der Waals surface area contributed by atoms with Gasteiger partial charge in [0.15, 0.2) is 0 Å². The van der Waals surface area contributed by atoms with Gasteiger partial charge in [-0.05, 0) is 0 Å². The highest BCUT2D eigenvalue weighted by Gasteiger charge is 2.80. The van der Waals surface area contributed by atoms with Crippen LogP contribution >= 0.6 is 0 Å². The zero-order valence-electron chi connectivity index (χ0n) is 8.47. The first-order valence-corrected chi connectivity index (χ1v) is 4.20. The maximum Gasteiger partial charge on any atom is 0.381 e. The third-order valence-corrected chi connectivity index (χ3v) is 2.01. The average molecular weight is 314 g/mol. The zero-order valence-corrected chi connectivity index (χ0v) is 8.47. The number of aliphatic hydroxyl groups excluding tert-OH is 1. The van der Waals surface area contributed by atoms with Gasteiger partial charge in [-0.2, -0.15) is 26.3 Å². The van der Waals surface area contributed by atoms with Gasteiger partial charge in [-0.25, -0.2) is 22.0 Å². The van der Waals surface area contributed by atoms with Gasteiger partial charge >= 0.3 is 30.1 Å². The van der Waals surface area contributed by atoms with Crippen molar-refractivity contribution in [1.82, 2.24) is 0 Å². The minimum absolute atomic E-state index is 2.71. The summed E-state index contributed by atoms with van der Waals surface area (Å²) in [7, 11) is 0. The quantitative estimate of drug-likeness (QED) is 0.747. The third kappa shape index (κ3) is 2.72. The molecule has 0 aromatic rings. The fourth-order valence-corrected chi connectivity index (χ4v) is 0.864. The molecule has 0 saturated carbocycles. The van der Waals surface area contributed by atoms with Gasteiger partial charge in [0.1, 0.15) is 6.61 Å². The van der Waals surface area contributed by atoms with Gasteiger partial charge in [0.25, 0.3) is 0 Å². The van der Waals surface area contributed by atoms with Crippen molar-refractivity contribution in [2.24, 2.45) is 0 Å². The van der Waals surface area contributed by atoms with Crippen LogP contribution in [0.4, 0.5) is 48.3 Å². The predicted molar refractivity (Wildman–Crippen MR) is 37.8 cm³/mol. The largest absolute Gasteiger partial charge is 0.390 e. The van der Waals surface area contributed by atoms with Crippen LogP contribution in [0.15, 0.2) is 0 Å². The smallest absolute Gasteiger partial charge is 0.381 e. The minimum Gasteiger partial charge on any atom is -0.390 e. The van der Waals surface area contributed by atoms with Crippen molar-refractivity contribution >= 4 is 0 Å². The first kappa shape index (κ1) is 18.2. The molecule has 1 atom stereocenters. The summed E-state index contributed by atoms with van der Waals surface area (Å²) in [4.78, 5) is 0. The molecule has 12 heteroatoms. The van der Waals surface area contributed by atoms with Gasteiger partial charge in [0.05, 0.1) is 0 Å². The predicted octanol–water partition coefficient (Wildman–Crippen LogP) is 3.12. The van der Waals surface area contributed by atoms with Gasteiger partial charge in [0.2, 0.25) is 6.17 Å². The second-order valence-corrected chi connectivity index (χ2v) is 3.40. The number of aliphatic hydroxyl groups is 1. The zero-order chi connectivity index (χ0) is 15.9. The topological polar surface area (TPSA) is 20.2 Å². The molecule has 0 aliphatic carbocycles. The second kappa shape index (κ2) is 4.94. The molecule has 0 unspecified atom stereocenters. The Kier molecular flexibility index (Phi) is 4.73. The lowest BCUT2D eigenvalue weighted by Crippen LogP contribution is -2.64. The Hall–Kier alpha value is -0.810. The van der Waals surface area contributed by atoms with Crippen molar-refractivity contribution in [3.63, 3.8) is 0 Å². The van der Waals surface area contributed by atoms with E-state index < -0.39 is 42.9 Å². The molecule has 0 radical (unpaired) electrons. The Labute approximate surface area is 97.5 Å². The lowest BCUT2D eigenvalue weighted by atomic mass is 9.97. The maximum absolute atomic E-state index is 12.6. The SMILES string of the molecule is OCC(F)(F)[C@@H](F)C(F)(F)C(F)(F)C(F)(F)C(F)F. The van der Waals surface area contributed by atoms with Gasteiger partial charge in [-0.3, -0.25) is 0 Å². The first-order chi connectivity index (χ1) is 8.16. The van der Waals surface area contributed by atoms with Gasteiger partial charge in [0, 0.05) is 0 Å². The highest BCUT2D eigenvalue weighted by Crippen LogP contribution is 2.52. The number of halogens is 11. The number of hydrogen-bond acceptors (Lipinski definition) is 1. The minimum atomic E-state index is -7.09. The van der Waals surface area contributed by atoms with E-state index in [4.69, 9.17) is 5.11 Å². The van der Waals surface area contributed by atoms with Crippen LogP contribution in [0.1, 0.15) is 0 Å². The Bertz CT molecular complexity index is 312. The van der Waals surface area contributed by atoms with Crippen LogP contribution in [-0.2, 0) is 0 Å². The Morgan fingerprint density at radius 3 is 1.37 bits per heavy atom. The van der Waals surface area contributed by atoms with Crippen LogP contribution in [0.25, 0.3) is 0 Å². The molecule has 0 heterocycles. The van der Waals surface area contributed by atoms with E-state index in [0.29, 0.717) is 0 Å². The lowest BCUT2D eigenvalue weighted by molar-refractivity contribution is -0.365. The lowest BCUT2D eigenvalue weighted by Gasteiger charge is -2.35. The monoisotopic (exact) mass is 314 g/mol. The summed E-state index contributed by atoms with van der Waals surface area (Å²) >= 11 is 0. The molecule has 0 saturated heterocycles. The molecule has 1 nitrogen and oxygen atoms in total. The highest BCUT2D eigenvalue weighted by atomic mass is 19.4. The molecule has 1 N–H and O–H groups in total. The molecule has 0 fully saturated rings. The molecule has 0 bridgehead atoms. The van der Waals surface area contributed by atoms with Crippen molar-refractivity contribution in [3.8, 4) is 0 Å². The van der Waals surface area contributed by atoms with Gasteiger partial charge in [-0.1, -0.05) is 0 Å². The number of alkyl halides is 11. The van der Waals surface area contributed by atoms with Crippen molar-refractivity contribution in [1.29, 1.82) is 0 Å². The Morgan fingerprint density at radius 2 is 1.11 bits per heavy atom. The Morgan fingerprint density at radius 1 is 0.737 bits per heavy atom. The van der Waals surface area contributed by atoms with Crippen LogP contribution in [0.5, 0.6) is 0 Å². The second-order valence-electron chi connectivity index (χ2n) is 3.40. The van der Waals surface area contributed by atoms with Crippen molar-refractivity contribution in [2.75, 3.05) is 6.61 Å². The van der Waals surface area contributed by atoms with E-state index in [9.17, 15) is 48.3 Å². The maximum atomic E-state index is 12.6. The van der Waals surface area contributed by atoms with Crippen LogP contribution in [-0.4, -0.2) is 48.0 Å². The van der Waals surface area contributed by atoms with E-state index in [2.05, 4.69) is 0 Å². The number of hydrogen-bond donors (Lipinski definition) is 1. The van der Waals surface area contributed by atoms with E-state index >= 15 is 0 Å². The van der Waals surface area contributed by atoms with E-state index in [0.717, 1.165) is 0 Å². The molecule has 0 aromatic heterocycles. The standard InChI is InChI=1S/C7H5F11O/c8-2(4(11,12)1-19)5(13,14)7(17,18)6(15,16)3(9)10/h2-3,19H,1H2/t2-/m1/s1. The van der Waals surface area contributed by atoms with E-state index in [1.807, 2.05) is 0 Å². The summed E-state index contributed by atoms with van der Waals surface area (Å²) in [5.41, 5.74) is 0. The molecule has 116 valence electrons. The van der Waals surface area contributed by atoms with Crippen molar-refractivity contribution in [3.05, 3.63) is 0 Å². The molecule has 0 aromatic carbocycles. The molecule has 0 amide bonds. The van der Waals surface area contributed by atoms with E-state index in [-0.39, 0.29) is 0 Å². The highest BCUT2D eigenvalue weighted by molar-refractivity contribution is 5.04. The van der Waals surface area contributed by atoms with Crippen LogP contribution in [0.2, 0.25) is 0 Å². The summed E-state index contributed by atoms with van der Waals surface area (Å²) in [6.45, 7) is -2.71.